The molecule has 3 saturated carbocycles. The highest BCUT2D eigenvalue weighted by atomic mass is 19.1. The third kappa shape index (κ3) is 4.09. The monoisotopic (exact) mass is 603 g/mol. The molecule has 7 rings (SSSR count). The van der Waals surface area contributed by atoms with Gasteiger partial charge in [-0.2, -0.15) is 0 Å². The number of halogens is 1. The predicted octanol–water partition coefficient (Wildman–Crippen LogP) is 4.59. The van der Waals surface area contributed by atoms with Crippen molar-refractivity contribution in [1.82, 2.24) is 0 Å². The molecule has 232 valence electrons. The van der Waals surface area contributed by atoms with Gasteiger partial charge in [-0.1, -0.05) is 43.7 Å². The number of nitrogen functional groups attached to an aromatic ring is 1. The van der Waals surface area contributed by atoms with Crippen molar-refractivity contribution in [2.75, 3.05) is 12.3 Å². The van der Waals surface area contributed by atoms with E-state index in [9.17, 15) is 19.8 Å². The fraction of sp³-hybridized carbons (Fsp3) is 0.486. The Morgan fingerprint density at radius 2 is 2.00 bits per heavy atom. The van der Waals surface area contributed by atoms with Gasteiger partial charge in [-0.3, -0.25) is 9.59 Å². The largest absolute Gasteiger partial charge is 0.488 e. The maximum Gasteiger partial charge on any atom is 0.193 e. The highest BCUT2D eigenvalue weighted by molar-refractivity contribution is 6.01. The summed E-state index contributed by atoms with van der Waals surface area (Å²) in [5.41, 5.74) is 5.40. The summed E-state index contributed by atoms with van der Waals surface area (Å²) in [5.74, 6) is -1.16. The van der Waals surface area contributed by atoms with Crippen molar-refractivity contribution in [2.24, 2.45) is 28.6 Å². The number of rotatable bonds is 6. The van der Waals surface area contributed by atoms with Gasteiger partial charge in [0.2, 0.25) is 0 Å². The van der Waals surface area contributed by atoms with Gasteiger partial charge in [0.1, 0.15) is 24.8 Å². The molecule has 1 aliphatic heterocycles. The standard InChI is InChI=1S/C35H38FNO7/c1-33-12-11-22(39)14-20(33)9-10-23-24-15-29-35(28(41)17-38,34(24,2)16-26(40)31(23)33)44-32(43-29)30-25(36)7-4-8-27(30)42-18-19-5-3-6-21(37)13-19/h3-8,11-14,23-24,26,29,31-32,38,40H,9-10,15-18,37H2,1-2H3/t23-,24-,26-,29+,31+,32+,33-,34-,35+/m0/s1. The third-order valence-corrected chi connectivity index (χ3v) is 11.4. The lowest BCUT2D eigenvalue weighted by molar-refractivity contribution is -0.201. The molecule has 8 nitrogen and oxygen atoms in total. The Balaban J connectivity index is 1.23. The van der Waals surface area contributed by atoms with Gasteiger partial charge in [0.25, 0.3) is 0 Å². The normalized spacial score (nSPS) is 38.8. The van der Waals surface area contributed by atoms with Crippen LogP contribution >= 0.6 is 0 Å². The van der Waals surface area contributed by atoms with Crippen molar-refractivity contribution in [3.8, 4) is 5.75 Å². The Bertz CT molecular complexity index is 1590. The van der Waals surface area contributed by atoms with Crippen LogP contribution in [-0.2, 0) is 25.7 Å². The summed E-state index contributed by atoms with van der Waals surface area (Å²) in [4.78, 5) is 26.0. The first-order valence-corrected chi connectivity index (χ1v) is 15.4. The maximum atomic E-state index is 15.5. The van der Waals surface area contributed by atoms with Crippen LogP contribution in [0.15, 0.2) is 66.3 Å². The molecule has 44 heavy (non-hydrogen) atoms. The van der Waals surface area contributed by atoms with Crippen LogP contribution in [0.4, 0.5) is 10.1 Å². The fourth-order valence-electron chi connectivity index (χ4n) is 9.53. The zero-order valence-corrected chi connectivity index (χ0v) is 24.9. The van der Waals surface area contributed by atoms with Gasteiger partial charge < -0.3 is 30.2 Å². The number of ether oxygens (including phenoxy) is 3. The van der Waals surface area contributed by atoms with Gasteiger partial charge in [0.05, 0.1) is 17.8 Å². The lowest BCUT2D eigenvalue weighted by atomic mass is 9.46. The van der Waals surface area contributed by atoms with Crippen LogP contribution in [0, 0.1) is 34.4 Å². The van der Waals surface area contributed by atoms with Crippen molar-refractivity contribution in [1.29, 1.82) is 0 Å². The van der Waals surface area contributed by atoms with Crippen LogP contribution in [0.5, 0.6) is 5.75 Å². The molecule has 0 amide bonds. The Kier molecular flexibility index (Phi) is 6.90. The number of aliphatic hydroxyl groups is 2. The number of carbonyl (C=O) groups is 2. The number of aliphatic hydroxyl groups excluding tert-OH is 2. The number of nitrogens with two attached hydrogens (primary N) is 1. The van der Waals surface area contributed by atoms with E-state index in [1.807, 2.05) is 25.1 Å². The number of fused-ring (bicyclic) bond motifs is 7. The summed E-state index contributed by atoms with van der Waals surface area (Å²) < 4.78 is 34.6. The lowest BCUT2D eigenvalue weighted by Gasteiger charge is -2.59. The van der Waals surface area contributed by atoms with E-state index in [0.29, 0.717) is 18.5 Å². The summed E-state index contributed by atoms with van der Waals surface area (Å²) in [6.45, 7) is 3.39. The topological polar surface area (TPSA) is 128 Å². The van der Waals surface area contributed by atoms with Crippen molar-refractivity contribution in [3.05, 3.63) is 83.2 Å². The average Bonchev–Trinajstić information content (AvgIpc) is 3.48. The van der Waals surface area contributed by atoms with Crippen LogP contribution in [0.1, 0.15) is 56.9 Å². The number of ketones is 2. The first-order chi connectivity index (χ1) is 21.0. The second-order valence-electron chi connectivity index (χ2n) is 13.5. The third-order valence-electron chi connectivity index (χ3n) is 11.4. The van der Waals surface area contributed by atoms with E-state index >= 15 is 4.39 Å². The molecule has 0 unspecified atom stereocenters. The van der Waals surface area contributed by atoms with E-state index in [0.717, 1.165) is 17.6 Å². The molecule has 0 bridgehead atoms. The predicted molar refractivity (Wildman–Crippen MR) is 158 cm³/mol. The van der Waals surface area contributed by atoms with E-state index in [-0.39, 0.29) is 47.9 Å². The summed E-state index contributed by atoms with van der Waals surface area (Å²) in [7, 11) is 0. The van der Waals surface area contributed by atoms with Gasteiger partial charge >= 0.3 is 0 Å². The Hall–Kier alpha value is -3.37. The molecule has 1 saturated heterocycles. The molecule has 5 aliphatic rings. The first-order valence-electron chi connectivity index (χ1n) is 15.4. The van der Waals surface area contributed by atoms with Crippen molar-refractivity contribution in [3.63, 3.8) is 0 Å². The van der Waals surface area contributed by atoms with Crippen LogP contribution in [0.25, 0.3) is 0 Å². The van der Waals surface area contributed by atoms with E-state index in [4.69, 9.17) is 19.9 Å². The minimum absolute atomic E-state index is 0.0223. The molecule has 2 aromatic rings. The van der Waals surface area contributed by atoms with Gasteiger partial charge in [-0.05, 0) is 79.5 Å². The number of anilines is 1. The molecular formula is C35H38FNO7. The number of carbonyl (C=O) groups excluding carboxylic acids is 2. The van der Waals surface area contributed by atoms with E-state index < -0.39 is 53.1 Å². The van der Waals surface area contributed by atoms with Crippen molar-refractivity contribution in [2.45, 2.75) is 70.2 Å². The number of hydrogen-bond acceptors (Lipinski definition) is 8. The molecule has 9 atom stereocenters. The summed E-state index contributed by atoms with van der Waals surface area (Å²) >= 11 is 0. The molecule has 4 fully saturated rings. The maximum absolute atomic E-state index is 15.5. The molecule has 4 N–H and O–H groups in total. The van der Waals surface area contributed by atoms with E-state index in [1.165, 1.54) is 12.1 Å². The quantitative estimate of drug-likeness (QED) is 0.409. The Labute approximate surface area is 255 Å². The fourth-order valence-corrected chi connectivity index (χ4v) is 9.53. The molecule has 9 heteroatoms. The molecule has 1 heterocycles. The summed E-state index contributed by atoms with van der Waals surface area (Å²) in [5, 5.41) is 22.1. The van der Waals surface area contributed by atoms with Crippen molar-refractivity contribution < 1.29 is 38.4 Å². The Morgan fingerprint density at radius 1 is 1.20 bits per heavy atom. The van der Waals surface area contributed by atoms with E-state index in [1.54, 1.807) is 30.4 Å². The first kappa shape index (κ1) is 29.3. The number of benzene rings is 2. The summed E-state index contributed by atoms with van der Waals surface area (Å²) in [6, 6.07) is 11.7. The molecule has 0 radical (unpaired) electrons. The number of Topliss-reactive ketones (excluding diaryl/α,β-unsaturated/α-hetero) is 1. The molecule has 4 aliphatic carbocycles. The van der Waals surface area contributed by atoms with Gasteiger partial charge in [-0.15, -0.1) is 0 Å². The van der Waals surface area contributed by atoms with Crippen LogP contribution in [-0.4, -0.2) is 46.2 Å². The van der Waals surface area contributed by atoms with Crippen LogP contribution < -0.4 is 10.5 Å². The Morgan fingerprint density at radius 3 is 2.77 bits per heavy atom. The minimum Gasteiger partial charge on any atom is -0.488 e. The van der Waals surface area contributed by atoms with Gasteiger partial charge in [-0.25, -0.2) is 4.39 Å². The smallest absolute Gasteiger partial charge is 0.193 e. The molecule has 0 spiro atoms. The van der Waals surface area contributed by atoms with Gasteiger partial charge in [0, 0.05) is 22.4 Å². The highest BCUT2D eigenvalue weighted by Gasteiger charge is 2.76. The van der Waals surface area contributed by atoms with Crippen LogP contribution in [0.3, 0.4) is 0 Å². The second kappa shape index (κ2) is 10.3. The van der Waals surface area contributed by atoms with Gasteiger partial charge in [0.15, 0.2) is 23.5 Å². The lowest BCUT2D eigenvalue weighted by Crippen LogP contribution is -2.63. The van der Waals surface area contributed by atoms with Crippen molar-refractivity contribution >= 4 is 17.3 Å². The average molecular weight is 604 g/mol. The summed E-state index contributed by atoms with van der Waals surface area (Å²) in [6.07, 6.45) is 4.56. The SMILES string of the molecule is C[C@]12C=CC(=O)C=C1CC[C@@H]1[C@@H]2[C@@H](O)C[C@@]2(C)[C@H]1C[C@H]1O[C@@H](c3c(F)cccc3OCc3cccc(N)c3)O[C@]12C(=O)CO. The molecule has 2 aromatic carbocycles. The zero-order valence-electron chi connectivity index (χ0n) is 24.9. The number of hydrogen-bond donors (Lipinski definition) is 3. The minimum atomic E-state index is -1.59. The number of allylic oxidation sites excluding steroid dienone is 4. The zero-order chi connectivity index (χ0) is 31.0. The molecular weight excluding hydrogens is 565 g/mol. The molecule has 0 aromatic heterocycles. The highest BCUT2D eigenvalue weighted by Crippen LogP contribution is 2.70. The van der Waals surface area contributed by atoms with E-state index in [2.05, 4.69) is 6.92 Å². The second-order valence-corrected chi connectivity index (χ2v) is 13.5. The van der Waals surface area contributed by atoms with Crippen LogP contribution in [0.2, 0.25) is 0 Å².